The Morgan fingerprint density at radius 3 is 2.67 bits per heavy atom. The zero-order valence-corrected chi connectivity index (χ0v) is 15.0. The van der Waals surface area contributed by atoms with Gasteiger partial charge in [-0.15, -0.1) is 11.8 Å². The van der Waals surface area contributed by atoms with Gasteiger partial charge in [0, 0.05) is 22.7 Å². The molecule has 0 aromatic heterocycles. The first kappa shape index (κ1) is 17.3. The van der Waals surface area contributed by atoms with E-state index in [1.807, 2.05) is 24.8 Å². The molecule has 3 rings (SSSR count). The summed E-state index contributed by atoms with van der Waals surface area (Å²) in [5, 5.41) is 9.69. The van der Waals surface area contributed by atoms with E-state index in [0.29, 0.717) is 11.8 Å². The van der Waals surface area contributed by atoms with Crippen molar-refractivity contribution in [2.75, 3.05) is 6.54 Å². The van der Waals surface area contributed by atoms with Gasteiger partial charge in [0.2, 0.25) is 0 Å². The maximum absolute atomic E-state index is 13.1. The Balaban J connectivity index is 1.82. The Hall–Kier alpha value is -1.49. The van der Waals surface area contributed by atoms with Crippen molar-refractivity contribution in [2.45, 2.75) is 68.1 Å². The third kappa shape index (κ3) is 3.94. The van der Waals surface area contributed by atoms with Crippen LogP contribution in [0.4, 0.5) is 0 Å². The molecule has 2 fully saturated rings. The second-order valence-corrected chi connectivity index (χ2v) is 8.26. The average Bonchev–Trinajstić information content (AvgIpc) is 3.19. The highest BCUT2D eigenvalue weighted by atomic mass is 32.2. The lowest BCUT2D eigenvalue weighted by Gasteiger charge is -2.25. The number of aliphatic carboxylic acids is 1. The van der Waals surface area contributed by atoms with Crippen LogP contribution in [0.25, 0.3) is 0 Å². The van der Waals surface area contributed by atoms with Crippen molar-refractivity contribution in [1.82, 2.24) is 4.90 Å². The van der Waals surface area contributed by atoms with Gasteiger partial charge < -0.3 is 10.0 Å². The number of carbonyl (C=O) groups excluding carboxylic acids is 1. The number of aryl methyl sites for hydroxylation is 1. The van der Waals surface area contributed by atoms with Crippen LogP contribution in [0.2, 0.25) is 0 Å². The summed E-state index contributed by atoms with van der Waals surface area (Å²) < 4.78 is 0. The van der Waals surface area contributed by atoms with Crippen LogP contribution in [0.1, 0.15) is 60.9 Å². The first-order valence-electron chi connectivity index (χ1n) is 8.84. The molecule has 0 radical (unpaired) electrons. The maximum Gasteiger partial charge on any atom is 0.305 e. The Morgan fingerprint density at radius 2 is 1.96 bits per heavy atom. The molecule has 24 heavy (non-hydrogen) atoms. The minimum Gasteiger partial charge on any atom is -0.481 e. The lowest BCUT2D eigenvalue weighted by atomic mass is 10.1. The number of likely N-dealkylation sites (tertiary alicyclic amines) is 1. The molecule has 1 saturated heterocycles. The zero-order valence-electron chi connectivity index (χ0n) is 14.2. The number of hydrogen-bond acceptors (Lipinski definition) is 3. The van der Waals surface area contributed by atoms with E-state index >= 15 is 0 Å². The van der Waals surface area contributed by atoms with E-state index in [4.69, 9.17) is 5.11 Å². The number of benzene rings is 1. The Labute approximate surface area is 147 Å². The molecule has 1 N–H and O–H groups in total. The SMILES string of the molecule is Cc1ccc(SC2CCCC2)c(C(=O)N2CCCC2CC(=O)O)c1. The molecule has 5 heteroatoms. The molecule has 4 nitrogen and oxygen atoms in total. The number of amides is 1. The van der Waals surface area contributed by atoms with Gasteiger partial charge in [0.25, 0.3) is 5.91 Å². The molecule has 1 saturated carbocycles. The molecule has 1 atom stereocenters. The van der Waals surface area contributed by atoms with E-state index in [0.717, 1.165) is 28.9 Å². The number of thioether (sulfide) groups is 1. The van der Waals surface area contributed by atoms with Crippen LogP contribution < -0.4 is 0 Å². The lowest BCUT2D eigenvalue weighted by molar-refractivity contribution is -0.137. The van der Waals surface area contributed by atoms with Crippen molar-refractivity contribution in [3.8, 4) is 0 Å². The van der Waals surface area contributed by atoms with E-state index in [9.17, 15) is 9.59 Å². The van der Waals surface area contributed by atoms with Crippen LogP contribution in [0, 0.1) is 6.92 Å². The van der Waals surface area contributed by atoms with Crippen molar-refractivity contribution in [2.24, 2.45) is 0 Å². The quantitative estimate of drug-likeness (QED) is 0.871. The van der Waals surface area contributed by atoms with E-state index in [-0.39, 0.29) is 18.4 Å². The van der Waals surface area contributed by atoms with Crippen molar-refractivity contribution < 1.29 is 14.7 Å². The fraction of sp³-hybridized carbons (Fsp3) is 0.579. The van der Waals surface area contributed by atoms with Crippen LogP contribution in [-0.4, -0.2) is 39.7 Å². The lowest BCUT2D eigenvalue weighted by Crippen LogP contribution is -2.37. The minimum absolute atomic E-state index is 0.00273. The summed E-state index contributed by atoms with van der Waals surface area (Å²) in [6.07, 6.45) is 6.71. The normalized spacial score (nSPS) is 21.4. The van der Waals surface area contributed by atoms with Gasteiger partial charge >= 0.3 is 5.97 Å². The van der Waals surface area contributed by atoms with Crippen LogP contribution >= 0.6 is 11.8 Å². The molecule has 1 aromatic rings. The predicted molar refractivity (Wildman–Crippen MR) is 95.6 cm³/mol. The molecule has 0 spiro atoms. The van der Waals surface area contributed by atoms with E-state index < -0.39 is 5.97 Å². The number of carboxylic acids is 1. The maximum atomic E-state index is 13.1. The van der Waals surface area contributed by atoms with Crippen LogP contribution in [0.3, 0.4) is 0 Å². The molecule has 130 valence electrons. The van der Waals surface area contributed by atoms with Crippen molar-refractivity contribution in [3.63, 3.8) is 0 Å². The molecule has 1 aromatic carbocycles. The van der Waals surface area contributed by atoms with Crippen molar-refractivity contribution in [1.29, 1.82) is 0 Å². The zero-order chi connectivity index (χ0) is 17.1. The van der Waals surface area contributed by atoms with Crippen molar-refractivity contribution >= 4 is 23.6 Å². The summed E-state index contributed by atoms with van der Waals surface area (Å²) in [4.78, 5) is 27.0. The number of nitrogens with zero attached hydrogens (tertiary/aromatic N) is 1. The molecule has 1 amide bonds. The van der Waals surface area contributed by atoms with Gasteiger partial charge in [0.15, 0.2) is 0 Å². The standard InChI is InChI=1S/C19H25NO3S/c1-13-8-9-17(24-15-6-2-3-7-15)16(11-13)19(23)20-10-4-5-14(20)12-18(21)22/h8-9,11,14-15H,2-7,10,12H2,1H3,(H,21,22). The Kier molecular flexibility index (Phi) is 5.49. The largest absolute Gasteiger partial charge is 0.481 e. The highest BCUT2D eigenvalue weighted by molar-refractivity contribution is 8.00. The fourth-order valence-electron chi connectivity index (χ4n) is 3.77. The molecular formula is C19H25NO3S. The first-order chi connectivity index (χ1) is 11.5. The third-order valence-corrected chi connectivity index (χ3v) is 6.42. The second-order valence-electron chi connectivity index (χ2n) is 6.92. The molecule has 1 aliphatic heterocycles. The smallest absolute Gasteiger partial charge is 0.305 e. The summed E-state index contributed by atoms with van der Waals surface area (Å²) in [5.41, 5.74) is 1.83. The van der Waals surface area contributed by atoms with E-state index in [2.05, 4.69) is 12.1 Å². The molecular weight excluding hydrogens is 322 g/mol. The van der Waals surface area contributed by atoms with Gasteiger partial charge in [0.1, 0.15) is 0 Å². The van der Waals surface area contributed by atoms with Gasteiger partial charge in [-0.2, -0.15) is 0 Å². The van der Waals surface area contributed by atoms with Gasteiger partial charge in [0.05, 0.1) is 12.0 Å². The predicted octanol–water partition coefficient (Wildman–Crippen LogP) is 4.11. The first-order valence-corrected chi connectivity index (χ1v) is 9.72. The van der Waals surface area contributed by atoms with Crippen LogP contribution in [-0.2, 0) is 4.79 Å². The van der Waals surface area contributed by atoms with E-state index in [1.165, 1.54) is 25.7 Å². The molecule has 0 bridgehead atoms. The second kappa shape index (κ2) is 7.60. The van der Waals surface area contributed by atoms with Crippen molar-refractivity contribution in [3.05, 3.63) is 29.3 Å². The Bertz CT molecular complexity index is 625. The fourth-order valence-corrected chi connectivity index (χ4v) is 5.12. The summed E-state index contributed by atoms with van der Waals surface area (Å²) >= 11 is 1.82. The summed E-state index contributed by atoms with van der Waals surface area (Å²) in [6.45, 7) is 2.66. The highest BCUT2D eigenvalue weighted by Crippen LogP contribution is 2.37. The summed E-state index contributed by atoms with van der Waals surface area (Å²) in [5.74, 6) is -0.826. The van der Waals surface area contributed by atoms with E-state index in [1.54, 1.807) is 4.90 Å². The summed E-state index contributed by atoms with van der Waals surface area (Å²) in [7, 11) is 0. The van der Waals surface area contributed by atoms with Gasteiger partial charge in [-0.25, -0.2) is 0 Å². The average molecular weight is 347 g/mol. The summed E-state index contributed by atoms with van der Waals surface area (Å²) in [6, 6.07) is 5.93. The molecule has 1 unspecified atom stereocenters. The number of carboxylic acid groups (broad SMARTS) is 1. The molecule has 2 aliphatic rings. The van der Waals surface area contributed by atoms with Gasteiger partial charge in [-0.3, -0.25) is 9.59 Å². The highest BCUT2D eigenvalue weighted by Gasteiger charge is 2.32. The minimum atomic E-state index is -0.829. The van der Waals surface area contributed by atoms with Crippen LogP contribution in [0.15, 0.2) is 23.1 Å². The number of hydrogen-bond donors (Lipinski definition) is 1. The third-order valence-electron chi connectivity index (χ3n) is 5.01. The topological polar surface area (TPSA) is 57.6 Å². The number of rotatable bonds is 5. The Morgan fingerprint density at radius 1 is 1.21 bits per heavy atom. The number of carbonyl (C=O) groups is 2. The van der Waals surface area contributed by atoms with Gasteiger partial charge in [-0.05, 0) is 44.7 Å². The molecule has 1 heterocycles. The van der Waals surface area contributed by atoms with Gasteiger partial charge in [-0.1, -0.05) is 24.5 Å². The van der Waals surface area contributed by atoms with Crippen LogP contribution in [0.5, 0.6) is 0 Å². The molecule has 1 aliphatic carbocycles. The monoisotopic (exact) mass is 347 g/mol.